The van der Waals surface area contributed by atoms with E-state index in [1.807, 2.05) is 4.90 Å². The van der Waals surface area contributed by atoms with Gasteiger partial charge in [0.2, 0.25) is 5.91 Å². The van der Waals surface area contributed by atoms with Crippen LogP contribution in [-0.2, 0) is 11.8 Å². The van der Waals surface area contributed by atoms with Crippen LogP contribution in [0.4, 0.5) is 0 Å². The van der Waals surface area contributed by atoms with E-state index in [9.17, 15) is 4.79 Å². The van der Waals surface area contributed by atoms with Gasteiger partial charge in [0.15, 0.2) is 0 Å². The average Bonchev–Trinajstić information content (AvgIpc) is 2.94. The van der Waals surface area contributed by atoms with Crippen molar-refractivity contribution < 1.29 is 4.79 Å². The molecule has 3 rings (SSSR count). The van der Waals surface area contributed by atoms with Gasteiger partial charge in [0, 0.05) is 37.1 Å². The summed E-state index contributed by atoms with van der Waals surface area (Å²) in [7, 11) is 2.06. The average molecular weight is 242 g/mol. The van der Waals surface area contributed by atoms with Crippen molar-refractivity contribution in [1.82, 2.24) is 9.47 Å². The van der Waals surface area contributed by atoms with Crippen LogP contribution in [0.2, 0.25) is 0 Å². The molecule has 0 bridgehead atoms. The smallest absolute Gasteiger partial charge is 0.223 e. The van der Waals surface area contributed by atoms with Gasteiger partial charge in [0.05, 0.1) is 6.04 Å². The standard InChI is InChI=1S/C15H18N2O/c1-11(17-9-5-8-15(17)18)13-10-16(2)14-7-4-3-6-12(13)14/h3-4,6-7,10-11H,5,8-9H2,1-2H3. The summed E-state index contributed by atoms with van der Waals surface area (Å²) in [6.07, 6.45) is 3.85. The summed E-state index contributed by atoms with van der Waals surface area (Å²) >= 11 is 0. The summed E-state index contributed by atoms with van der Waals surface area (Å²) in [5.41, 5.74) is 2.48. The molecule has 1 atom stereocenters. The Bertz CT molecular complexity index is 600. The fraction of sp³-hybridized carbons (Fsp3) is 0.400. The third-order valence-electron chi connectivity index (χ3n) is 3.96. The minimum Gasteiger partial charge on any atom is -0.350 e. The minimum absolute atomic E-state index is 0.172. The Hall–Kier alpha value is -1.77. The molecular formula is C15H18N2O. The molecule has 0 saturated carbocycles. The first-order chi connectivity index (χ1) is 8.68. The second kappa shape index (κ2) is 4.16. The highest BCUT2D eigenvalue weighted by molar-refractivity contribution is 5.85. The Morgan fingerprint density at radius 2 is 2.06 bits per heavy atom. The molecule has 0 aliphatic carbocycles. The quantitative estimate of drug-likeness (QED) is 0.795. The highest BCUT2D eigenvalue weighted by Gasteiger charge is 2.27. The predicted molar refractivity (Wildman–Crippen MR) is 72.3 cm³/mol. The van der Waals surface area contributed by atoms with Gasteiger partial charge in [-0.15, -0.1) is 0 Å². The van der Waals surface area contributed by atoms with Crippen molar-refractivity contribution in [2.45, 2.75) is 25.8 Å². The number of benzene rings is 1. The zero-order chi connectivity index (χ0) is 12.7. The van der Waals surface area contributed by atoms with Crippen LogP contribution in [0.5, 0.6) is 0 Å². The van der Waals surface area contributed by atoms with E-state index in [2.05, 4.69) is 49.0 Å². The van der Waals surface area contributed by atoms with Gasteiger partial charge in [0.1, 0.15) is 0 Å². The minimum atomic E-state index is 0.172. The molecule has 1 aliphatic rings. The molecule has 3 heteroatoms. The molecule has 0 spiro atoms. The van der Waals surface area contributed by atoms with Crippen molar-refractivity contribution >= 4 is 16.8 Å². The molecule has 1 amide bonds. The number of hydrogen-bond donors (Lipinski definition) is 0. The molecule has 0 radical (unpaired) electrons. The number of para-hydroxylation sites is 1. The normalized spacial score (nSPS) is 17.7. The van der Waals surface area contributed by atoms with E-state index in [1.165, 1.54) is 16.5 Å². The first kappa shape index (κ1) is 11.3. The van der Waals surface area contributed by atoms with E-state index in [1.54, 1.807) is 0 Å². The van der Waals surface area contributed by atoms with Crippen molar-refractivity contribution in [2.24, 2.45) is 7.05 Å². The molecule has 1 unspecified atom stereocenters. The molecular weight excluding hydrogens is 224 g/mol. The molecule has 18 heavy (non-hydrogen) atoms. The van der Waals surface area contributed by atoms with Gasteiger partial charge in [0.25, 0.3) is 0 Å². The number of aryl methyl sites for hydroxylation is 1. The molecule has 1 aliphatic heterocycles. The SMILES string of the molecule is CC(c1cn(C)c2ccccc12)N1CCCC1=O. The van der Waals surface area contributed by atoms with Gasteiger partial charge in [-0.05, 0) is 25.0 Å². The van der Waals surface area contributed by atoms with Crippen molar-refractivity contribution in [3.05, 3.63) is 36.0 Å². The summed E-state index contributed by atoms with van der Waals surface area (Å²) < 4.78 is 2.14. The van der Waals surface area contributed by atoms with Gasteiger partial charge >= 0.3 is 0 Å². The zero-order valence-corrected chi connectivity index (χ0v) is 10.9. The van der Waals surface area contributed by atoms with Crippen LogP contribution in [0, 0.1) is 0 Å². The third-order valence-corrected chi connectivity index (χ3v) is 3.96. The molecule has 1 fully saturated rings. The molecule has 1 aromatic carbocycles. The fourth-order valence-electron chi connectivity index (χ4n) is 2.95. The van der Waals surface area contributed by atoms with Crippen molar-refractivity contribution in [2.75, 3.05) is 6.54 Å². The van der Waals surface area contributed by atoms with Gasteiger partial charge in [-0.3, -0.25) is 4.79 Å². The lowest BCUT2D eigenvalue weighted by Gasteiger charge is -2.24. The fourth-order valence-corrected chi connectivity index (χ4v) is 2.95. The van der Waals surface area contributed by atoms with E-state index >= 15 is 0 Å². The number of fused-ring (bicyclic) bond motifs is 1. The Morgan fingerprint density at radius 3 is 2.78 bits per heavy atom. The largest absolute Gasteiger partial charge is 0.350 e. The van der Waals surface area contributed by atoms with Crippen LogP contribution < -0.4 is 0 Å². The first-order valence-corrected chi connectivity index (χ1v) is 6.52. The molecule has 2 aromatic rings. The van der Waals surface area contributed by atoms with Crippen LogP contribution in [0.25, 0.3) is 10.9 Å². The topological polar surface area (TPSA) is 25.2 Å². The molecule has 2 heterocycles. The summed E-state index contributed by atoms with van der Waals surface area (Å²) in [6, 6.07) is 8.55. The monoisotopic (exact) mass is 242 g/mol. The van der Waals surface area contributed by atoms with E-state index < -0.39 is 0 Å². The molecule has 1 aromatic heterocycles. The Balaban J connectivity index is 2.06. The maximum Gasteiger partial charge on any atom is 0.223 e. The maximum absolute atomic E-state index is 11.9. The second-order valence-electron chi connectivity index (χ2n) is 5.08. The zero-order valence-electron chi connectivity index (χ0n) is 10.9. The number of aromatic nitrogens is 1. The Morgan fingerprint density at radius 1 is 1.28 bits per heavy atom. The van der Waals surface area contributed by atoms with Crippen molar-refractivity contribution in [3.8, 4) is 0 Å². The number of nitrogens with zero attached hydrogens (tertiary/aromatic N) is 2. The van der Waals surface area contributed by atoms with Gasteiger partial charge in [-0.1, -0.05) is 18.2 Å². The van der Waals surface area contributed by atoms with Crippen LogP contribution >= 0.6 is 0 Å². The van der Waals surface area contributed by atoms with E-state index in [0.29, 0.717) is 6.42 Å². The Kier molecular flexibility index (Phi) is 2.62. The summed E-state index contributed by atoms with van der Waals surface area (Å²) in [6.45, 7) is 3.02. The van der Waals surface area contributed by atoms with Crippen LogP contribution in [0.15, 0.2) is 30.5 Å². The second-order valence-corrected chi connectivity index (χ2v) is 5.08. The van der Waals surface area contributed by atoms with Crippen LogP contribution in [0.1, 0.15) is 31.4 Å². The lowest BCUT2D eigenvalue weighted by Crippen LogP contribution is -2.27. The summed E-state index contributed by atoms with van der Waals surface area (Å²) in [5, 5.41) is 1.26. The summed E-state index contributed by atoms with van der Waals surface area (Å²) in [4.78, 5) is 13.9. The van der Waals surface area contributed by atoms with Crippen LogP contribution in [-0.4, -0.2) is 21.9 Å². The predicted octanol–water partition coefficient (Wildman–Crippen LogP) is 2.86. The third kappa shape index (κ3) is 1.62. The molecule has 94 valence electrons. The van der Waals surface area contributed by atoms with Gasteiger partial charge in [-0.25, -0.2) is 0 Å². The Labute approximate surface area is 107 Å². The lowest BCUT2D eigenvalue weighted by atomic mass is 10.1. The number of likely N-dealkylation sites (tertiary alicyclic amines) is 1. The first-order valence-electron chi connectivity index (χ1n) is 6.52. The van der Waals surface area contributed by atoms with Crippen molar-refractivity contribution in [1.29, 1.82) is 0 Å². The van der Waals surface area contributed by atoms with Gasteiger partial charge in [-0.2, -0.15) is 0 Å². The molecule has 0 N–H and O–H groups in total. The van der Waals surface area contributed by atoms with Crippen molar-refractivity contribution in [3.63, 3.8) is 0 Å². The lowest BCUT2D eigenvalue weighted by molar-refractivity contribution is -0.129. The number of hydrogen-bond acceptors (Lipinski definition) is 1. The van der Waals surface area contributed by atoms with Gasteiger partial charge < -0.3 is 9.47 Å². The van der Waals surface area contributed by atoms with Crippen LogP contribution in [0.3, 0.4) is 0 Å². The van der Waals surface area contributed by atoms with E-state index in [-0.39, 0.29) is 11.9 Å². The van der Waals surface area contributed by atoms with E-state index in [0.717, 1.165) is 13.0 Å². The highest BCUT2D eigenvalue weighted by atomic mass is 16.2. The maximum atomic E-state index is 11.9. The van der Waals surface area contributed by atoms with E-state index in [4.69, 9.17) is 0 Å². The summed E-state index contributed by atoms with van der Waals surface area (Å²) in [5.74, 6) is 0.287. The number of carbonyl (C=O) groups is 1. The number of amides is 1. The number of carbonyl (C=O) groups excluding carboxylic acids is 1. The number of rotatable bonds is 2. The molecule has 1 saturated heterocycles. The highest BCUT2D eigenvalue weighted by Crippen LogP contribution is 2.31. The molecule has 3 nitrogen and oxygen atoms in total.